The first kappa shape index (κ1) is 16.4. The highest BCUT2D eigenvalue weighted by Gasteiger charge is 2.28. The number of halogens is 2. The molecule has 0 aliphatic heterocycles. The van der Waals surface area contributed by atoms with Gasteiger partial charge in [0, 0.05) is 17.6 Å². The number of aromatic amines is 1. The number of hydrogen-bond acceptors (Lipinski definition) is 4. The van der Waals surface area contributed by atoms with E-state index in [2.05, 4.69) is 19.9 Å². The minimum Gasteiger partial charge on any atom is -0.261 e. The number of aryl methyl sites for hydroxylation is 1. The zero-order chi connectivity index (χ0) is 17.6. The molecule has 9 heteroatoms. The fourth-order valence-electron chi connectivity index (χ4n) is 3.22. The van der Waals surface area contributed by atoms with Gasteiger partial charge in [-0.05, 0) is 42.5 Å². The first-order valence-electron chi connectivity index (χ1n) is 7.72. The van der Waals surface area contributed by atoms with Gasteiger partial charge in [-0.1, -0.05) is 17.7 Å². The van der Waals surface area contributed by atoms with Crippen molar-refractivity contribution in [1.29, 1.82) is 0 Å². The van der Waals surface area contributed by atoms with E-state index in [4.69, 9.17) is 11.6 Å². The van der Waals surface area contributed by atoms with Crippen molar-refractivity contribution in [3.8, 4) is 0 Å². The summed E-state index contributed by atoms with van der Waals surface area (Å²) in [6, 6.07) is 3.60. The lowest BCUT2D eigenvalue weighted by molar-refractivity contribution is 0.502. The second-order valence-corrected chi connectivity index (χ2v) is 8.10. The Balaban J connectivity index is 1.61. The van der Waals surface area contributed by atoms with Crippen molar-refractivity contribution >= 4 is 32.7 Å². The van der Waals surface area contributed by atoms with Gasteiger partial charge in [0.15, 0.2) is 11.5 Å². The first-order chi connectivity index (χ1) is 12.0. The molecule has 1 aromatic carbocycles. The predicted molar refractivity (Wildman–Crippen MR) is 91.4 cm³/mol. The van der Waals surface area contributed by atoms with E-state index in [0.29, 0.717) is 19.3 Å². The van der Waals surface area contributed by atoms with Crippen LogP contribution in [0.3, 0.4) is 0 Å². The van der Waals surface area contributed by atoms with Crippen LogP contribution in [0.25, 0.3) is 11.0 Å². The highest BCUT2D eigenvalue weighted by molar-refractivity contribution is 7.89. The summed E-state index contributed by atoms with van der Waals surface area (Å²) in [5.74, 6) is -0.936. The van der Waals surface area contributed by atoms with Crippen LogP contribution >= 0.6 is 11.6 Å². The maximum Gasteiger partial charge on any atom is 0.243 e. The van der Waals surface area contributed by atoms with Crippen LogP contribution in [-0.4, -0.2) is 29.6 Å². The van der Waals surface area contributed by atoms with Gasteiger partial charge in [-0.15, -0.1) is 0 Å². The number of nitrogens with zero attached hydrogens (tertiary/aromatic N) is 2. The fourth-order valence-corrected chi connectivity index (χ4v) is 4.83. The maximum absolute atomic E-state index is 14.1. The number of nitrogens with one attached hydrogen (secondary N) is 2. The Labute approximate surface area is 148 Å². The lowest BCUT2D eigenvalue weighted by Crippen LogP contribution is -2.39. The van der Waals surface area contributed by atoms with Gasteiger partial charge < -0.3 is 0 Å². The monoisotopic (exact) mass is 380 g/mol. The van der Waals surface area contributed by atoms with Crippen molar-refractivity contribution in [2.45, 2.75) is 30.2 Å². The molecule has 25 heavy (non-hydrogen) atoms. The van der Waals surface area contributed by atoms with Crippen molar-refractivity contribution in [2.24, 2.45) is 0 Å². The van der Waals surface area contributed by atoms with Gasteiger partial charge in [0.25, 0.3) is 0 Å². The third-order valence-corrected chi connectivity index (χ3v) is 6.25. The molecule has 2 heterocycles. The zero-order valence-electron chi connectivity index (χ0n) is 13.0. The standard InChI is InChI=1S/C16H14ClFN4O2S/c17-13-2-1-3-14(15(13)18)25(23,24)22-10-4-5-11-9(6-10)7-19-16-12(11)8-20-21-16/h1-3,7-8,10,22H,4-6H2,(H,19,20,21). The normalized spacial score (nSPS) is 17.6. The topological polar surface area (TPSA) is 87.7 Å². The van der Waals surface area contributed by atoms with Crippen LogP contribution < -0.4 is 4.72 Å². The van der Waals surface area contributed by atoms with Gasteiger partial charge >= 0.3 is 0 Å². The Bertz CT molecular complexity index is 1070. The van der Waals surface area contributed by atoms with Crippen LogP contribution in [0.15, 0.2) is 35.5 Å². The van der Waals surface area contributed by atoms with E-state index in [1.807, 2.05) is 0 Å². The van der Waals surface area contributed by atoms with Crippen LogP contribution in [0, 0.1) is 5.82 Å². The number of fused-ring (bicyclic) bond motifs is 3. The van der Waals surface area contributed by atoms with E-state index in [-0.39, 0.29) is 11.1 Å². The third-order valence-electron chi connectivity index (χ3n) is 4.42. The highest BCUT2D eigenvalue weighted by atomic mass is 35.5. The minimum atomic E-state index is -4.00. The number of aromatic nitrogens is 3. The second kappa shape index (κ2) is 6.05. The molecule has 1 unspecified atom stereocenters. The number of hydrogen-bond donors (Lipinski definition) is 2. The van der Waals surface area contributed by atoms with Gasteiger partial charge in [-0.25, -0.2) is 22.5 Å². The Morgan fingerprint density at radius 2 is 2.16 bits per heavy atom. The molecular weight excluding hydrogens is 367 g/mol. The van der Waals surface area contributed by atoms with Crippen molar-refractivity contribution in [3.63, 3.8) is 0 Å². The Morgan fingerprint density at radius 1 is 1.32 bits per heavy atom. The molecule has 1 aliphatic carbocycles. The van der Waals surface area contributed by atoms with Crippen molar-refractivity contribution < 1.29 is 12.8 Å². The summed E-state index contributed by atoms with van der Waals surface area (Å²) in [6.07, 6.45) is 5.26. The largest absolute Gasteiger partial charge is 0.261 e. The summed E-state index contributed by atoms with van der Waals surface area (Å²) in [5, 5.41) is 7.56. The molecule has 3 aromatic rings. The van der Waals surface area contributed by atoms with E-state index in [0.717, 1.165) is 22.2 Å². The number of H-pyrrole nitrogens is 1. The average Bonchev–Trinajstić information content (AvgIpc) is 3.05. The van der Waals surface area contributed by atoms with Crippen LogP contribution in [0.5, 0.6) is 0 Å². The molecule has 0 fully saturated rings. The Morgan fingerprint density at radius 3 is 3.00 bits per heavy atom. The molecule has 0 amide bonds. The molecular formula is C16H14ClFN4O2S. The molecule has 0 bridgehead atoms. The Hall–Kier alpha value is -2.03. The lowest BCUT2D eigenvalue weighted by Gasteiger charge is -2.25. The molecule has 0 spiro atoms. The van der Waals surface area contributed by atoms with Gasteiger partial charge in [0.1, 0.15) is 4.90 Å². The van der Waals surface area contributed by atoms with Crippen LogP contribution in [0.1, 0.15) is 17.5 Å². The average molecular weight is 381 g/mol. The number of benzene rings is 1. The summed E-state index contributed by atoms with van der Waals surface area (Å²) in [6.45, 7) is 0. The zero-order valence-corrected chi connectivity index (χ0v) is 14.5. The van der Waals surface area contributed by atoms with Crippen LogP contribution in [0.2, 0.25) is 5.02 Å². The van der Waals surface area contributed by atoms with E-state index < -0.39 is 20.7 Å². The number of rotatable bonds is 3. The van der Waals surface area contributed by atoms with Gasteiger partial charge in [-0.3, -0.25) is 5.10 Å². The third kappa shape index (κ3) is 2.90. The smallest absolute Gasteiger partial charge is 0.243 e. The van der Waals surface area contributed by atoms with Crippen LogP contribution in [0.4, 0.5) is 4.39 Å². The first-order valence-corrected chi connectivity index (χ1v) is 9.58. The molecule has 4 rings (SSSR count). The molecule has 0 radical (unpaired) electrons. The van der Waals surface area contributed by atoms with E-state index in [1.165, 1.54) is 18.2 Å². The fraction of sp³-hybridized carbons (Fsp3) is 0.250. The highest BCUT2D eigenvalue weighted by Crippen LogP contribution is 2.28. The number of sulfonamides is 1. The Kier molecular flexibility index (Phi) is 3.98. The molecule has 2 N–H and O–H groups in total. The molecule has 6 nitrogen and oxygen atoms in total. The summed E-state index contributed by atoms with van der Waals surface area (Å²) in [5.41, 5.74) is 2.82. The van der Waals surface area contributed by atoms with Gasteiger partial charge in [0.05, 0.1) is 11.2 Å². The molecule has 130 valence electrons. The molecule has 0 saturated carbocycles. The summed E-state index contributed by atoms with van der Waals surface area (Å²) < 4.78 is 41.7. The van der Waals surface area contributed by atoms with Crippen molar-refractivity contribution in [2.75, 3.05) is 0 Å². The molecule has 0 saturated heterocycles. The molecule has 2 aromatic heterocycles. The SMILES string of the molecule is O=S(=O)(NC1CCc2c(cnc3[nH]ncc23)C1)c1cccc(Cl)c1F. The summed E-state index contributed by atoms with van der Waals surface area (Å²) >= 11 is 5.69. The summed E-state index contributed by atoms with van der Waals surface area (Å²) in [4.78, 5) is 3.86. The molecule has 1 aliphatic rings. The van der Waals surface area contributed by atoms with Crippen molar-refractivity contribution in [3.05, 3.63) is 52.6 Å². The van der Waals surface area contributed by atoms with Crippen LogP contribution in [-0.2, 0) is 22.9 Å². The van der Waals surface area contributed by atoms with Gasteiger partial charge in [-0.2, -0.15) is 5.10 Å². The predicted octanol–water partition coefficient (Wildman–Crippen LogP) is 2.59. The number of pyridine rings is 1. The summed E-state index contributed by atoms with van der Waals surface area (Å²) in [7, 11) is -4.00. The second-order valence-electron chi connectivity index (χ2n) is 6.01. The van der Waals surface area contributed by atoms with Gasteiger partial charge in [0.2, 0.25) is 10.0 Å². The van der Waals surface area contributed by atoms with E-state index >= 15 is 0 Å². The van der Waals surface area contributed by atoms with E-state index in [1.54, 1.807) is 12.4 Å². The minimum absolute atomic E-state index is 0.219. The quantitative estimate of drug-likeness (QED) is 0.731. The lowest BCUT2D eigenvalue weighted by atomic mass is 9.88. The van der Waals surface area contributed by atoms with Crippen molar-refractivity contribution in [1.82, 2.24) is 19.9 Å². The van der Waals surface area contributed by atoms with E-state index in [9.17, 15) is 12.8 Å². The molecule has 1 atom stereocenters. The maximum atomic E-state index is 14.1.